The SMILES string of the molecule is COc1ccc(CCO[C@@H]2O[C@H](CO)[C@@H](OC(=O)C=Cc3ccc(O)c(OC)c3)[C@H](O[C@@H]3O[C@@H](C)[C@H](O)[C@@H](OC(C)=O)[C@H]3OC(C)=O)[C@H]2O)cc1O. The summed E-state index contributed by atoms with van der Waals surface area (Å²) in [4.78, 5) is 37.2. The smallest absolute Gasteiger partial charge is 0.331 e. The molecule has 0 aromatic heterocycles. The van der Waals surface area contributed by atoms with Crippen molar-refractivity contribution in [3.05, 3.63) is 53.6 Å². The van der Waals surface area contributed by atoms with Crippen LogP contribution in [0.3, 0.4) is 0 Å². The van der Waals surface area contributed by atoms with Gasteiger partial charge in [0.1, 0.15) is 24.4 Å². The monoisotopic (exact) mass is 736 g/mol. The van der Waals surface area contributed by atoms with Crippen LogP contribution >= 0.6 is 0 Å². The predicted octanol–water partition coefficient (Wildman–Crippen LogP) is 0.732. The van der Waals surface area contributed by atoms with Crippen LogP contribution < -0.4 is 9.47 Å². The highest BCUT2D eigenvalue weighted by molar-refractivity contribution is 5.87. The Labute approximate surface area is 299 Å². The highest BCUT2D eigenvalue weighted by Gasteiger charge is 2.54. The molecular formula is C35H44O17. The first kappa shape index (κ1) is 40.3. The molecule has 0 unspecified atom stereocenters. The van der Waals surface area contributed by atoms with Crippen LogP contribution in [0.5, 0.6) is 23.0 Å². The zero-order chi connectivity index (χ0) is 38.1. The van der Waals surface area contributed by atoms with Crippen LogP contribution in [0.25, 0.3) is 6.08 Å². The van der Waals surface area contributed by atoms with Gasteiger partial charge in [-0.3, -0.25) is 9.59 Å². The molecule has 17 heteroatoms. The summed E-state index contributed by atoms with van der Waals surface area (Å²) >= 11 is 0. The standard InChI is InChI=1S/C35H44O17/c1-17-28(42)31(48-18(2)37)33(49-19(3)38)35(47-17)52-32-29(43)34(46-13-12-21-7-10-24(44-4)23(40)14-21)50-26(16-36)30(32)51-27(41)11-8-20-6-9-22(39)25(15-20)45-5/h6-11,14-15,17,26,28-36,39-40,42-43H,12-13,16H2,1-5H3/t17-,26+,28-,29+,30+,31+,32+,33+,34+,35-/m0/s1. The van der Waals surface area contributed by atoms with E-state index in [4.69, 9.17) is 42.6 Å². The fraction of sp³-hybridized carbons (Fsp3) is 0.514. The molecule has 286 valence electrons. The molecule has 5 N–H and O–H groups in total. The number of aliphatic hydroxyl groups excluding tert-OH is 3. The van der Waals surface area contributed by atoms with Crippen LogP contribution in [0.2, 0.25) is 0 Å². The van der Waals surface area contributed by atoms with E-state index in [9.17, 15) is 39.9 Å². The molecule has 0 saturated carbocycles. The fourth-order valence-corrected chi connectivity index (χ4v) is 5.69. The Balaban J connectivity index is 1.62. The van der Waals surface area contributed by atoms with Crippen LogP contribution in [0.4, 0.5) is 0 Å². The topological polar surface area (TPSA) is 235 Å². The minimum Gasteiger partial charge on any atom is -0.504 e. The van der Waals surface area contributed by atoms with E-state index in [2.05, 4.69) is 0 Å². The molecule has 0 amide bonds. The van der Waals surface area contributed by atoms with Gasteiger partial charge in [-0.15, -0.1) is 0 Å². The Hall–Kier alpha value is -4.49. The number of phenolic OH excluding ortho intramolecular Hbond substituents is 2. The van der Waals surface area contributed by atoms with Crippen LogP contribution in [0.15, 0.2) is 42.5 Å². The number of phenols is 2. The van der Waals surface area contributed by atoms with Gasteiger partial charge in [-0.1, -0.05) is 12.1 Å². The van der Waals surface area contributed by atoms with Crippen molar-refractivity contribution < 1.29 is 82.5 Å². The Kier molecular flexibility index (Phi) is 14.2. The van der Waals surface area contributed by atoms with Gasteiger partial charge in [0, 0.05) is 19.9 Å². The van der Waals surface area contributed by atoms with Crippen molar-refractivity contribution >= 4 is 24.0 Å². The maximum atomic E-state index is 13.2. The lowest BCUT2D eigenvalue weighted by Gasteiger charge is -2.47. The number of hydrogen-bond donors (Lipinski definition) is 5. The molecule has 2 saturated heterocycles. The lowest BCUT2D eigenvalue weighted by Crippen LogP contribution is -2.65. The molecule has 2 heterocycles. The summed E-state index contributed by atoms with van der Waals surface area (Å²) in [7, 11) is 2.77. The minimum absolute atomic E-state index is 0.0601. The summed E-state index contributed by atoms with van der Waals surface area (Å²) < 4.78 is 50.1. The molecule has 17 nitrogen and oxygen atoms in total. The molecule has 2 aromatic rings. The molecule has 0 bridgehead atoms. The lowest BCUT2D eigenvalue weighted by molar-refractivity contribution is -0.358. The van der Waals surface area contributed by atoms with Crippen molar-refractivity contribution in [3.63, 3.8) is 0 Å². The zero-order valence-electron chi connectivity index (χ0n) is 29.1. The first-order valence-corrected chi connectivity index (χ1v) is 16.3. The number of aromatic hydroxyl groups is 2. The molecule has 52 heavy (non-hydrogen) atoms. The largest absolute Gasteiger partial charge is 0.504 e. The van der Waals surface area contributed by atoms with Gasteiger partial charge >= 0.3 is 17.9 Å². The molecule has 0 aliphatic carbocycles. The van der Waals surface area contributed by atoms with Gasteiger partial charge in [0.25, 0.3) is 0 Å². The summed E-state index contributed by atoms with van der Waals surface area (Å²) in [6, 6.07) is 9.09. The molecule has 2 aliphatic rings. The Morgan fingerprint density at radius 3 is 2.12 bits per heavy atom. The van der Waals surface area contributed by atoms with Gasteiger partial charge in [-0.05, 0) is 54.8 Å². The second-order valence-electron chi connectivity index (χ2n) is 12.0. The third kappa shape index (κ3) is 10.1. The summed E-state index contributed by atoms with van der Waals surface area (Å²) in [6.45, 7) is 2.80. The minimum atomic E-state index is -1.74. The van der Waals surface area contributed by atoms with Crippen LogP contribution in [0.1, 0.15) is 31.9 Å². The summed E-state index contributed by atoms with van der Waals surface area (Å²) in [5.41, 5.74) is 1.12. The van der Waals surface area contributed by atoms with Gasteiger partial charge in [0.2, 0.25) is 0 Å². The number of ether oxygens (including phenoxy) is 9. The highest BCUT2D eigenvalue weighted by atomic mass is 16.8. The van der Waals surface area contributed by atoms with Crippen molar-refractivity contribution in [2.75, 3.05) is 27.4 Å². The summed E-state index contributed by atoms with van der Waals surface area (Å²) in [5, 5.41) is 52.8. The van der Waals surface area contributed by atoms with Gasteiger partial charge in [0.15, 0.2) is 53.9 Å². The molecule has 2 aliphatic heterocycles. The third-order valence-electron chi connectivity index (χ3n) is 8.23. The number of benzene rings is 2. The molecule has 0 radical (unpaired) electrons. The predicted molar refractivity (Wildman–Crippen MR) is 176 cm³/mol. The van der Waals surface area contributed by atoms with E-state index in [1.54, 1.807) is 12.1 Å². The summed E-state index contributed by atoms with van der Waals surface area (Å²) in [5.74, 6) is -2.38. The lowest BCUT2D eigenvalue weighted by atomic mass is 9.96. The average Bonchev–Trinajstić information content (AvgIpc) is 3.10. The van der Waals surface area contributed by atoms with Crippen molar-refractivity contribution in [1.29, 1.82) is 0 Å². The van der Waals surface area contributed by atoms with E-state index >= 15 is 0 Å². The van der Waals surface area contributed by atoms with E-state index in [1.165, 1.54) is 51.5 Å². The number of carbonyl (C=O) groups excluding carboxylic acids is 3. The van der Waals surface area contributed by atoms with Gasteiger partial charge < -0.3 is 68.2 Å². The quantitative estimate of drug-likeness (QED) is 0.102. The number of hydrogen-bond acceptors (Lipinski definition) is 17. The zero-order valence-corrected chi connectivity index (χ0v) is 29.1. The van der Waals surface area contributed by atoms with E-state index < -0.39 is 85.9 Å². The second kappa shape index (κ2) is 18.3. The van der Waals surface area contributed by atoms with Crippen molar-refractivity contribution in [2.24, 2.45) is 0 Å². The van der Waals surface area contributed by atoms with Crippen LogP contribution in [-0.4, -0.2) is 132 Å². The number of aliphatic hydroxyl groups is 3. The number of carbonyl (C=O) groups is 3. The van der Waals surface area contributed by atoms with E-state index in [0.29, 0.717) is 11.1 Å². The van der Waals surface area contributed by atoms with E-state index in [0.717, 1.165) is 19.9 Å². The van der Waals surface area contributed by atoms with Gasteiger partial charge in [-0.2, -0.15) is 0 Å². The number of rotatable bonds is 14. The molecular weight excluding hydrogens is 692 g/mol. The Morgan fingerprint density at radius 1 is 0.788 bits per heavy atom. The van der Waals surface area contributed by atoms with Crippen molar-refractivity contribution in [3.8, 4) is 23.0 Å². The molecule has 4 rings (SSSR count). The van der Waals surface area contributed by atoms with E-state index in [-0.39, 0.29) is 36.0 Å². The maximum absolute atomic E-state index is 13.2. The number of esters is 3. The first-order chi connectivity index (χ1) is 24.8. The highest BCUT2D eigenvalue weighted by Crippen LogP contribution is 2.34. The molecule has 2 fully saturated rings. The maximum Gasteiger partial charge on any atom is 0.331 e. The van der Waals surface area contributed by atoms with Crippen LogP contribution in [-0.2, 0) is 54.0 Å². The van der Waals surface area contributed by atoms with Gasteiger partial charge in [-0.25, -0.2) is 4.79 Å². The van der Waals surface area contributed by atoms with Crippen LogP contribution in [0, 0.1) is 0 Å². The van der Waals surface area contributed by atoms with Gasteiger partial charge in [0.05, 0.1) is 33.5 Å². The van der Waals surface area contributed by atoms with E-state index in [1.807, 2.05) is 0 Å². The van der Waals surface area contributed by atoms with Crippen molar-refractivity contribution in [2.45, 2.75) is 88.6 Å². The third-order valence-corrected chi connectivity index (χ3v) is 8.23. The Morgan fingerprint density at radius 2 is 1.48 bits per heavy atom. The van der Waals surface area contributed by atoms with Crippen molar-refractivity contribution in [1.82, 2.24) is 0 Å². The Bertz CT molecular complexity index is 1560. The summed E-state index contributed by atoms with van der Waals surface area (Å²) in [6.07, 6.45) is -12.2. The second-order valence-corrected chi connectivity index (χ2v) is 12.0. The fourth-order valence-electron chi connectivity index (χ4n) is 5.69. The molecule has 2 aromatic carbocycles. The average molecular weight is 737 g/mol. The molecule has 10 atom stereocenters. The normalized spacial score (nSPS) is 28.9. The number of methoxy groups -OCH3 is 2. The first-order valence-electron chi connectivity index (χ1n) is 16.3. The molecule has 0 spiro atoms.